The molecule has 0 spiro atoms. The van der Waals surface area contributed by atoms with Gasteiger partial charge >= 0.3 is 0 Å². The highest BCUT2D eigenvalue weighted by molar-refractivity contribution is 6.30. The molecule has 1 aromatic rings. The van der Waals surface area contributed by atoms with Crippen LogP contribution in [0.15, 0.2) is 18.2 Å². The van der Waals surface area contributed by atoms with Crippen molar-refractivity contribution in [3.05, 3.63) is 34.6 Å². The summed E-state index contributed by atoms with van der Waals surface area (Å²) in [6.45, 7) is 1.56. The number of ether oxygens (including phenoxy) is 1. The Balaban J connectivity index is 2.05. The van der Waals surface area contributed by atoms with Crippen molar-refractivity contribution < 1.29 is 9.13 Å². The van der Waals surface area contributed by atoms with Gasteiger partial charge in [0.1, 0.15) is 5.82 Å². The summed E-state index contributed by atoms with van der Waals surface area (Å²) in [6, 6.07) is 5.39. The van der Waals surface area contributed by atoms with Crippen LogP contribution in [-0.4, -0.2) is 26.3 Å². The molecule has 0 aromatic heterocycles. The molecule has 1 N–H and O–H groups in total. The van der Waals surface area contributed by atoms with E-state index in [2.05, 4.69) is 5.32 Å². The number of hydrogen-bond donors (Lipinski definition) is 1. The van der Waals surface area contributed by atoms with Crippen molar-refractivity contribution in [2.45, 2.75) is 18.9 Å². The van der Waals surface area contributed by atoms with Gasteiger partial charge < -0.3 is 10.1 Å². The summed E-state index contributed by atoms with van der Waals surface area (Å²) in [4.78, 5) is 0. The average molecular weight is 258 g/mol. The molecule has 0 radical (unpaired) electrons. The topological polar surface area (TPSA) is 21.3 Å². The van der Waals surface area contributed by atoms with Crippen LogP contribution in [0.5, 0.6) is 0 Å². The summed E-state index contributed by atoms with van der Waals surface area (Å²) < 4.78 is 18.5. The van der Waals surface area contributed by atoms with Gasteiger partial charge in [0.2, 0.25) is 0 Å². The van der Waals surface area contributed by atoms with Gasteiger partial charge in [-0.1, -0.05) is 17.7 Å². The second-order valence-electron chi connectivity index (χ2n) is 4.47. The molecule has 4 heteroatoms. The second-order valence-corrected chi connectivity index (χ2v) is 4.88. The van der Waals surface area contributed by atoms with Crippen LogP contribution in [-0.2, 0) is 11.2 Å². The van der Waals surface area contributed by atoms with Crippen LogP contribution in [0.3, 0.4) is 0 Å². The molecule has 2 atom stereocenters. The first-order valence-corrected chi connectivity index (χ1v) is 6.27. The fourth-order valence-corrected chi connectivity index (χ4v) is 2.55. The fourth-order valence-electron chi connectivity index (χ4n) is 2.35. The van der Waals surface area contributed by atoms with Crippen LogP contribution in [0, 0.1) is 11.7 Å². The lowest BCUT2D eigenvalue weighted by molar-refractivity contribution is 0.0342. The van der Waals surface area contributed by atoms with Gasteiger partial charge in [-0.15, -0.1) is 0 Å². The quantitative estimate of drug-likeness (QED) is 0.899. The van der Waals surface area contributed by atoms with Crippen molar-refractivity contribution in [2.75, 3.05) is 20.3 Å². The van der Waals surface area contributed by atoms with Gasteiger partial charge in [-0.3, -0.25) is 0 Å². The van der Waals surface area contributed by atoms with Crippen molar-refractivity contribution >= 4 is 11.6 Å². The first kappa shape index (κ1) is 12.8. The van der Waals surface area contributed by atoms with Gasteiger partial charge in [0.05, 0.1) is 11.6 Å². The maximum atomic E-state index is 13.1. The standard InChI is InChI=1S/C13H17ClFNO/c1-16-13-4-5-17-8-10(13)6-9-2-3-12(15)11(14)7-9/h2-3,7,10,13,16H,4-6,8H2,1H3. The molecular weight excluding hydrogens is 241 g/mol. The average Bonchev–Trinajstić information content (AvgIpc) is 2.34. The van der Waals surface area contributed by atoms with Crippen molar-refractivity contribution in [3.63, 3.8) is 0 Å². The third-order valence-electron chi connectivity index (χ3n) is 3.33. The van der Waals surface area contributed by atoms with Gasteiger partial charge in [0.25, 0.3) is 0 Å². The molecule has 1 aliphatic rings. The summed E-state index contributed by atoms with van der Waals surface area (Å²) in [5, 5.41) is 3.51. The van der Waals surface area contributed by atoms with Gasteiger partial charge in [-0.05, 0) is 37.6 Å². The molecule has 1 aromatic carbocycles. The van der Waals surface area contributed by atoms with Crippen molar-refractivity contribution in [1.29, 1.82) is 0 Å². The third-order valence-corrected chi connectivity index (χ3v) is 3.62. The Bertz CT molecular complexity index is 386. The van der Waals surface area contributed by atoms with E-state index in [9.17, 15) is 4.39 Å². The molecule has 94 valence electrons. The molecule has 1 aliphatic heterocycles. The SMILES string of the molecule is CNC1CCOCC1Cc1ccc(F)c(Cl)c1. The molecule has 1 saturated heterocycles. The van der Waals surface area contributed by atoms with Crippen LogP contribution in [0.25, 0.3) is 0 Å². The lowest BCUT2D eigenvalue weighted by Gasteiger charge is -2.31. The minimum atomic E-state index is -0.361. The van der Waals surface area contributed by atoms with Crippen LogP contribution in [0.2, 0.25) is 5.02 Å². The van der Waals surface area contributed by atoms with Crippen molar-refractivity contribution in [3.8, 4) is 0 Å². The molecule has 1 heterocycles. The summed E-state index contributed by atoms with van der Waals surface area (Å²) in [6.07, 6.45) is 1.89. The van der Waals surface area contributed by atoms with E-state index in [4.69, 9.17) is 16.3 Å². The Labute approximate surface area is 106 Å². The first-order valence-electron chi connectivity index (χ1n) is 5.89. The summed E-state index contributed by atoms with van der Waals surface area (Å²) in [5.74, 6) is 0.0655. The number of nitrogens with one attached hydrogen (secondary N) is 1. The van der Waals surface area contributed by atoms with E-state index in [0.717, 1.165) is 31.6 Å². The van der Waals surface area contributed by atoms with Crippen molar-refractivity contribution in [1.82, 2.24) is 5.32 Å². The maximum Gasteiger partial charge on any atom is 0.141 e. The van der Waals surface area contributed by atoms with Gasteiger partial charge in [-0.25, -0.2) is 4.39 Å². The lowest BCUT2D eigenvalue weighted by atomic mass is 9.89. The Kier molecular flexibility index (Phi) is 4.37. The van der Waals surface area contributed by atoms with Gasteiger partial charge in [0, 0.05) is 18.6 Å². The molecule has 1 fully saturated rings. The Morgan fingerprint density at radius 2 is 2.35 bits per heavy atom. The molecule has 0 saturated carbocycles. The van der Waals surface area contributed by atoms with E-state index in [1.807, 2.05) is 7.05 Å². The first-order chi connectivity index (χ1) is 8.20. The van der Waals surface area contributed by atoms with E-state index in [1.165, 1.54) is 6.07 Å². The Morgan fingerprint density at radius 1 is 1.53 bits per heavy atom. The largest absolute Gasteiger partial charge is 0.381 e. The maximum absolute atomic E-state index is 13.1. The second kappa shape index (κ2) is 5.80. The lowest BCUT2D eigenvalue weighted by Crippen LogP contribution is -2.41. The van der Waals surface area contributed by atoms with E-state index >= 15 is 0 Å². The Morgan fingerprint density at radius 3 is 3.06 bits per heavy atom. The van der Waals surface area contributed by atoms with E-state index < -0.39 is 0 Å². The van der Waals surface area contributed by atoms with Gasteiger partial charge in [0.15, 0.2) is 0 Å². The summed E-state index contributed by atoms with van der Waals surface area (Å²) >= 11 is 5.78. The predicted molar refractivity (Wildman–Crippen MR) is 66.9 cm³/mol. The minimum Gasteiger partial charge on any atom is -0.381 e. The van der Waals surface area contributed by atoms with Crippen molar-refractivity contribution in [2.24, 2.45) is 5.92 Å². The zero-order chi connectivity index (χ0) is 12.3. The summed E-state index contributed by atoms with van der Waals surface area (Å²) in [7, 11) is 1.97. The van der Waals surface area contributed by atoms with Gasteiger partial charge in [-0.2, -0.15) is 0 Å². The van der Waals surface area contributed by atoms with Crippen LogP contribution < -0.4 is 5.32 Å². The molecule has 0 aliphatic carbocycles. The minimum absolute atomic E-state index is 0.195. The zero-order valence-electron chi connectivity index (χ0n) is 9.88. The van der Waals surface area contributed by atoms with E-state index in [-0.39, 0.29) is 10.8 Å². The molecule has 2 rings (SSSR count). The highest BCUT2D eigenvalue weighted by Crippen LogP contribution is 2.22. The van der Waals surface area contributed by atoms with Crippen LogP contribution >= 0.6 is 11.6 Å². The fraction of sp³-hybridized carbons (Fsp3) is 0.538. The number of hydrogen-bond acceptors (Lipinski definition) is 2. The Hall–Kier alpha value is -0.640. The molecule has 17 heavy (non-hydrogen) atoms. The number of benzene rings is 1. The molecule has 0 amide bonds. The van der Waals surface area contributed by atoms with E-state index in [0.29, 0.717) is 12.0 Å². The molecule has 2 unspecified atom stereocenters. The van der Waals surface area contributed by atoms with E-state index in [1.54, 1.807) is 12.1 Å². The highest BCUT2D eigenvalue weighted by atomic mass is 35.5. The monoisotopic (exact) mass is 257 g/mol. The normalized spacial score (nSPS) is 24.9. The van der Waals surface area contributed by atoms with Crippen LogP contribution in [0.4, 0.5) is 4.39 Å². The zero-order valence-corrected chi connectivity index (χ0v) is 10.6. The highest BCUT2D eigenvalue weighted by Gasteiger charge is 2.24. The third kappa shape index (κ3) is 3.18. The smallest absolute Gasteiger partial charge is 0.141 e. The molecule has 0 bridgehead atoms. The van der Waals surface area contributed by atoms with Crippen LogP contribution in [0.1, 0.15) is 12.0 Å². The number of rotatable bonds is 3. The predicted octanol–water partition coefficient (Wildman–Crippen LogP) is 2.65. The molecule has 2 nitrogen and oxygen atoms in total. The summed E-state index contributed by atoms with van der Waals surface area (Å²) in [5.41, 5.74) is 1.06. The molecular formula is C13H17ClFNO. The number of halogens is 2.